The molecule has 1 amide bonds. The Bertz CT molecular complexity index is 311. The molecular formula is C13H24N2O. The number of likely N-dealkylation sites (tertiary alicyclic amines) is 1. The van der Waals surface area contributed by atoms with E-state index in [9.17, 15) is 4.79 Å². The topological polar surface area (TPSA) is 46.3 Å². The minimum atomic E-state index is -0.355. The normalized spacial score (nSPS) is 38.6. The molecule has 2 bridgehead atoms. The number of carbonyl (C=O) groups excluding carboxylic acids is 1. The molecule has 3 atom stereocenters. The highest BCUT2D eigenvalue weighted by atomic mass is 16.2. The molecule has 1 saturated carbocycles. The van der Waals surface area contributed by atoms with Crippen LogP contribution in [-0.4, -0.2) is 29.4 Å². The molecule has 0 spiro atoms. The highest BCUT2D eigenvalue weighted by Gasteiger charge is 2.51. The summed E-state index contributed by atoms with van der Waals surface area (Å²) in [6, 6.07) is 0.0679. The third kappa shape index (κ3) is 1.97. The standard InChI is InChI=1S/C13H24N2O/c1-9(14)11(16)15-8-13(4)6-10(15)5-12(2,3)7-13/h9-10H,5-8,14H2,1-4H3. The molecule has 3 nitrogen and oxygen atoms in total. The molecule has 2 aliphatic rings. The van der Waals surface area contributed by atoms with Crippen LogP contribution in [0.15, 0.2) is 0 Å². The third-order valence-electron chi connectivity index (χ3n) is 4.09. The van der Waals surface area contributed by atoms with Gasteiger partial charge in [-0.2, -0.15) is 0 Å². The highest BCUT2D eigenvalue weighted by molar-refractivity contribution is 5.82. The summed E-state index contributed by atoms with van der Waals surface area (Å²) in [5.74, 6) is 0.131. The Hall–Kier alpha value is -0.570. The molecule has 0 aromatic rings. The second kappa shape index (κ2) is 3.46. The van der Waals surface area contributed by atoms with E-state index in [1.807, 2.05) is 4.90 Å². The van der Waals surface area contributed by atoms with Gasteiger partial charge in [-0.15, -0.1) is 0 Å². The van der Waals surface area contributed by atoms with E-state index >= 15 is 0 Å². The maximum Gasteiger partial charge on any atom is 0.239 e. The molecule has 0 aromatic carbocycles. The summed E-state index contributed by atoms with van der Waals surface area (Å²) in [6.07, 6.45) is 3.51. The predicted molar refractivity (Wildman–Crippen MR) is 64.9 cm³/mol. The fraction of sp³-hybridized carbons (Fsp3) is 0.923. The smallest absolute Gasteiger partial charge is 0.239 e. The van der Waals surface area contributed by atoms with Gasteiger partial charge in [-0.25, -0.2) is 0 Å². The third-order valence-corrected chi connectivity index (χ3v) is 4.09. The maximum absolute atomic E-state index is 12.0. The molecule has 1 heterocycles. The number of carbonyl (C=O) groups is 1. The molecule has 1 aliphatic carbocycles. The second-order valence-electron chi connectivity index (χ2n) is 6.97. The number of nitrogens with two attached hydrogens (primary N) is 1. The Balaban J connectivity index is 2.19. The first kappa shape index (κ1) is 11.9. The fourth-order valence-corrected chi connectivity index (χ4v) is 3.98. The average Bonchev–Trinajstić information content (AvgIpc) is 2.33. The van der Waals surface area contributed by atoms with Crippen LogP contribution in [0.3, 0.4) is 0 Å². The lowest BCUT2D eigenvalue weighted by Crippen LogP contribution is -2.45. The molecule has 0 radical (unpaired) electrons. The highest BCUT2D eigenvalue weighted by Crippen LogP contribution is 2.52. The van der Waals surface area contributed by atoms with Gasteiger partial charge in [-0.3, -0.25) is 4.79 Å². The number of hydrogen-bond donors (Lipinski definition) is 1. The Kier molecular flexibility index (Phi) is 2.57. The summed E-state index contributed by atoms with van der Waals surface area (Å²) in [6.45, 7) is 9.64. The van der Waals surface area contributed by atoms with Crippen molar-refractivity contribution in [1.29, 1.82) is 0 Å². The predicted octanol–water partition coefficient (Wildman–Crippen LogP) is 1.76. The van der Waals surface area contributed by atoms with Crippen molar-refractivity contribution in [2.75, 3.05) is 6.54 Å². The first-order valence-corrected chi connectivity index (χ1v) is 6.29. The van der Waals surface area contributed by atoms with Gasteiger partial charge in [0, 0.05) is 12.6 Å². The lowest BCUT2D eigenvalue weighted by Gasteiger charge is -2.39. The largest absolute Gasteiger partial charge is 0.338 e. The van der Waals surface area contributed by atoms with Crippen molar-refractivity contribution in [3.8, 4) is 0 Å². The zero-order valence-corrected chi connectivity index (χ0v) is 10.9. The van der Waals surface area contributed by atoms with Crippen LogP contribution in [0, 0.1) is 10.8 Å². The summed E-state index contributed by atoms with van der Waals surface area (Å²) in [4.78, 5) is 14.1. The number of amides is 1. The van der Waals surface area contributed by atoms with E-state index < -0.39 is 0 Å². The molecule has 1 saturated heterocycles. The summed E-state index contributed by atoms with van der Waals surface area (Å²) < 4.78 is 0. The summed E-state index contributed by atoms with van der Waals surface area (Å²) in [7, 11) is 0. The Morgan fingerprint density at radius 1 is 1.38 bits per heavy atom. The number of hydrogen-bond acceptors (Lipinski definition) is 2. The first-order valence-electron chi connectivity index (χ1n) is 6.29. The van der Waals surface area contributed by atoms with Crippen molar-refractivity contribution in [2.24, 2.45) is 16.6 Å². The van der Waals surface area contributed by atoms with Crippen LogP contribution in [0.5, 0.6) is 0 Å². The van der Waals surface area contributed by atoms with Gasteiger partial charge < -0.3 is 10.6 Å². The van der Waals surface area contributed by atoms with Gasteiger partial charge in [0.05, 0.1) is 6.04 Å². The molecular weight excluding hydrogens is 200 g/mol. The maximum atomic E-state index is 12.0. The van der Waals surface area contributed by atoms with Gasteiger partial charge in [0.1, 0.15) is 0 Å². The lowest BCUT2D eigenvalue weighted by molar-refractivity contribution is -0.133. The molecule has 92 valence electrons. The average molecular weight is 224 g/mol. The van der Waals surface area contributed by atoms with E-state index in [0.717, 1.165) is 19.4 Å². The number of rotatable bonds is 1. The van der Waals surface area contributed by atoms with Crippen LogP contribution in [0.2, 0.25) is 0 Å². The van der Waals surface area contributed by atoms with E-state index in [1.165, 1.54) is 6.42 Å². The summed E-state index contributed by atoms with van der Waals surface area (Å²) >= 11 is 0. The molecule has 2 N–H and O–H groups in total. The quantitative estimate of drug-likeness (QED) is 0.737. The van der Waals surface area contributed by atoms with E-state index in [0.29, 0.717) is 16.9 Å². The monoisotopic (exact) mass is 224 g/mol. The minimum absolute atomic E-state index is 0.131. The molecule has 3 heteroatoms. The van der Waals surface area contributed by atoms with Gasteiger partial charge in [-0.05, 0) is 37.0 Å². The summed E-state index contributed by atoms with van der Waals surface area (Å²) in [5.41, 5.74) is 6.40. The molecule has 2 rings (SSSR count). The Morgan fingerprint density at radius 2 is 2.00 bits per heavy atom. The zero-order valence-electron chi connectivity index (χ0n) is 10.9. The second-order valence-corrected chi connectivity index (χ2v) is 6.97. The molecule has 16 heavy (non-hydrogen) atoms. The van der Waals surface area contributed by atoms with Gasteiger partial charge in [0.25, 0.3) is 0 Å². The van der Waals surface area contributed by atoms with Gasteiger partial charge >= 0.3 is 0 Å². The van der Waals surface area contributed by atoms with Crippen LogP contribution in [0.1, 0.15) is 47.0 Å². The lowest BCUT2D eigenvalue weighted by atomic mass is 9.65. The summed E-state index contributed by atoms with van der Waals surface area (Å²) in [5, 5.41) is 0. The van der Waals surface area contributed by atoms with Crippen LogP contribution in [0.25, 0.3) is 0 Å². The van der Waals surface area contributed by atoms with E-state index in [-0.39, 0.29) is 11.9 Å². The van der Waals surface area contributed by atoms with E-state index in [1.54, 1.807) is 6.92 Å². The Labute approximate surface area is 98.4 Å². The number of fused-ring (bicyclic) bond motifs is 2. The minimum Gasteiger partial charge on any atom is -0.338 e. The van der Waals surface area contributed by atoms with Gasteiger partial charge in [0.2, 0.25) is 5.91 Å². The fourth-order valence-electron chi connectivity index (χ4n) is 3.98. The van der Waals surface area contributed by atoms with Crippen molar-refractivity contribution in [1.82, 2.24) is 4.90 Å². The van der Waals surface area contributed by atoms with Crippen molar-refractivity contribution >= 4 is 5.91 Å². The van der Waals surface area contributed by atoms with Crippen LogP contribution in [-0.2, 0) is 4.79 Å². The molecule has 1 aliphatic heterocycles. The zero-order chi connectivity index (χ0) is 12.1. The molecule has 0 aromatic heterocycles. The van der Waals surface area contributed by atoms with Crippen molar-refractivity contribution in [3.63, 3.8) is 0 Å². The van der Waals surface area contributed by atoms with Crippen molar-refractivity contribution < 1.29 is 4.79 Å². The SMILES string of the molecule is CC(N)C(=O)N1CC2(C)CC1CC(C)(C)C2. The van der Waals surface area contributed by atoms with Crippen LogP contribution >= 0.6 is 0 Å². The number of nitrogens with zero attached hydrogens (tertiary/aromatic N) is 1. The molecule has 2 fully saturated rings. The Morgan fingerprint density at radius 3 is 2.56 bits per heavy atom. The van der Waals surface area contributed by atoms with E-state index in [2.05, 4.69) is 20.8 Å². The van der Waals surface area contributed by atoms with Crippen molar-refractivity contribution in [2.45, 2.75) is 59.0 Å². The van der Waals surface area contributed by atoms with Gasteiger partial charge in [-0.1, -0.05) is 20.8 Å². The van der Waals surface area contributed by atoms with E-state index in [4.69, 9.17) is 5.73 Å². The molecule has 3 unspecified atom stereocenters. The van der Waals surface area contributed by atoms with Crippen molar-refractivity contribution in [3.05, 3.63) is 0 Å². The van der Waals surface area contributed by atoms with Gasteiger partial charge in [0.15, 0.2) is 0 Å². The first-order chi connectivity index (χ1) is 7.22. The van der Waals surface area contributed by atoms with Crippen LogP contribution < -0.4 is 5.73 Å². The van der Waals surface area contributed by atoms with Crippen LogP contribution in [0.4, 0.5) is 0 Å².